The van der Waals surface area contributed by atoms with Crippen molar-refractivity contribution >= 4 is 33.7 Å². The Labute approximate surface area is 284 Å². The van der Waals surface area contributed by atoms with Crippen LogP contribution in [0.3, 0.4) is 0 Å². The molecule has 15 heteroatoms. The highest BCUT2D eigenvalue weighted by atomic mass is 32.2. The molecule has 3 rings (SSSR count). The number of nitrogens with two attached hydrogens (primary N) is 1. The number of hydrogen-bond acceptors (Lipinski definition) is 8. The van der Waals surface area contributed by atoms with Crippen LogP contribution in [0.2, 0.25) is 0 Å². The number of nitrogen functional groups attached to an aromatic ring is 1. The van der Waals surface area contributed by atoms with Crippen LogP contribution in [-0.2, 0) is 29.1 Å². The summed E-state index contributed by atoms with van der Waals surface area (Å²) < 4.78 is 81.0. The molecule has 4 N–H and O–H groups in total. The van der Waals surface area contributed by atoms with Crippen molar-refractivity contribution < 1.29 is 45.4 Å². The number of alkyl halides is 3. The van der Waals surface area contributed by atoms with Crippen molar-refractivity contribution in [2.75, 3.05) is 26.5 Å². The predicted octanol–water partition coefficient (Wildman–Crippen LogP) is 4.99. The maximum absolute atomic E-state index is 14.5. The number of amides is 2. The predicted molar refractivity (Wildman–Crippen MR) is 177 cm³/mol. The lowest BCUT2D eigenvalue weighted by Gasteiger charge is -2.31. The number of hydrogen-bond donors (Lipinski definition) is 3. The maximum Gasteiger partial charge on any atom is 0.408 e. The van der Waals surface area contributed by atoms with Crippen molar-refractivity contribution in [3.63, 3.8) is 0 Å². The van der Waals surface area contributed by atoms with Crippen molar-refractivity contribution in [1.29, 1.82) is 0 Å². The van der Waals surface area contributed by atoms with Crippen LogP contribution in [0.25, 0.3) is 0 Å². The van der Waals surface area contributed by atoms with Gasteiger partial charge in [0.1, 0.15) is 18.1 Å². The summed E-state index contributed by atoms with van der Waals surface area (Å²) in [6, 6.07) is 16.9. The number of ether oxygens (including phenoxy) is 2. The SMILES string of the molecule is CCCN([C@@H](CCCC(NC(=O)[C@@H](NC(=O)OC)C(c1ccccc1)c1ccccc1)C(F)(F)F)C(=O)OC)S(=O)(=O)c1ccc(N)cc1. The Morgan fingerprint density at radius 2 is 1.39 bits per heavy atom. The van der Waals surface area contributed by atoms with Crippen molar-refractivity contribution in [2.24, 2.45) is 0 Å². The monoisotopic (exact) mass is 706 g/mol. The molecular weight excluding hydrogens is 665 g/mol. The van der Waals surface area contributed by atoms with Gasteiger partial charge in [0.25, 0.3) is 0 Å². The Morgan fingerprint density at radius 1 is 0.837 bits per heavy atom. The summed E-state index contributed by atoms with van der Waals surface area (Å²) in [4.78, 5) is 38.9. The molecule has 0 aliphatic heterocycles. The molecule has 0 aliphatic rings. The molecular formula is C34H41F3N4O7S. The molecule has 3 aromatic rings. The largest absolute Gasteiger partial charge is 0.468 e. The van der Waals surface area contributed by atoms with Crippen LogP contribution in [0.1, 0.15) is 49.7 Å². The standard InChI is InChI=1S/C34H41F3N4O7S/c1-4-22-41(49(45,46)26-20-18-25(38)19-21-26)27(32(43)47-2)16-11-17-28(34(35,36)37)39-31(42)30(40-33(44)48-3)29(23-12-7-5-8-13-23)24-14-9-6-10-15-24/h5-10,12-15,18-21,27-30H,4,11,16-17,22,38H2,1-3H3,(H,39,42)(H,40,44)/t27-,28?,30-/m0/s1. The average molecular weight is 707 g/mol. The molecule has 0 radical (unpaired) electrons. The number of nitrogens with zero attached hydrogens (tertiary/aromatic N) is 1. The van der Waals surface area contributed by atoms with Gasteiger partial charge in [-0.3, -0.25) is 9.59 Å². The fraction of sp³-hybridized carbons (Fsp3) is 0.382. The zero-order valence-electron chi connectivity index (χ0n) is 27.4. The lowest BCUT2D eigenvalue weighted by Crippen LogP contribution is -2.55. The minimum Gasteiger partial charge on any atom is -0.468 e. The normalized spacial score (nSPS) is 13.7. The molecule has 0 aromatic heterocycles. The van der Waals surface area contributed by atoms with E-state index in [0.29, 0.717) is 23.2 Å². The van der Waals surface area contributed by atoms with Gasteiger partial charge in [0, 0.05) is 18.2 Å². The third kappa shape index (κ3) is 10.4. The number of nitrogens with one attached hydrogen (secondary N) is 2. The summed E-state index contributed by atoms with van der Waals surface area (Å²) in [5.41, 5.74) is 7.10. The molecule has 3 aromatic carbocycles. The Kier molecular flexibility index (Phi) is 14.0. The van der Waals surface area contributed by atoms with E-state index >= 15 is 0 Å². The topological polar surface area (TPSA) is 157 Å². The number of sulfonamides is 1. The first-order valence-corrected chi connectivity index (χ1v) is 16.9. The molecule has 0 aliphatic carbocycles. The van der Waals surface area contributed by atoms with Crippen LogP contribution in [0.4, 0.5) is 23.7 Å². The van der Waals surface area contributed by atoms with E-state index < -0.39 is 64.6 Å². The lowest BCUT2D eigenvalue weighted by molar-refractivity contribution is -0.164. The number of alkyl carbamates (subject to hydrolysis) is 1. The Bertz CT molecular complexity index is 1590. The van der Waals surface area contributed by atoms with E-state index in [0.717, 1.165) is 18.5 Å². The van der Waals surface area contributed by atoms with Crippen molar-refractivity contribution in [1.82, 2.24) is 14.9 Å². The number of halogens is 3. The van der Waals surface area contributed by atoms with Crippen LogP contribution < -0.4 is 16.4 Å². The first kappa shape index (κ1) is 38.8. The number of carbonyl (C=O) groups excluding carboxylic acids is 3. The van der Waals surface area contributed by atoms with Gasteiger partial charge in [-0.15, -0.1) is 0 Å². The van der Waals surface area contributed by atoms with E-state index in [9.17, 15) is 36.0 Å². The summed E-state index contributed by atoms with van der Waals surface area (Å²) in [7, 11) is -2.17. The summed E-state index contributed by atoms with van der Waals surface area (Å²) in [5.74, 6) is -2.98. The molecule has 0 heterocycles. The number of rotatable bonds is 16. The number of anilines is 1. The van der Waals surface area contributed by atoms with Crippen LogP contribution in [0, 0.1) is 0 Å². The fourth-order valence-electron chi connectivity index (χ4n) is 5.43. The van der Waals surface area contributed by atoms with Crippen molar-refractivity contribution in [3.05, 3.63) is 96.1 Å². The summed E-state index contributed by atoms with van der Waals surface area (Å²) in [6.45, 7) is 1.57. The molecule has 1 unspecified atom stereocenters. The zero-order chi connectivity index (χ0) is 36.2. The highest BCUT2D eigenvalue weighted by Gasteiger charge is 2.44. The Hall–Kier alpha value is -4.63. The molecule has 0 saturated carbocycles. The van der Waals surface area contributed by atoms with E-state index in [1.54, 1.807) is 67.6 Å². The summed E-state index contributed by atoms with van der Waals surface area (Å²) in [5, 5.41) is 4.44. The number of benzene rings is 3. The first-order valence-electron chi connectivity index (χ1n) is 15.5. The highest BCUT2D eigenvalue weighted by Crippen LogP contribution is 2.31. The van der Waals surface area contributed by atoms with Crippen LogP contribution in [0.15, 0.2) is 89.8 Å². The quantitative estimate of drug-likeness (QED) is 0.139. The minimum atomic E-state index is -4.94. The molecule has 11 nitrogen and oxygen atoms in total. The molecule has 3 atom stereocenters. The second-order valence-corrected chi connectivity index (χ2v) is 13.1. The number of methoxy groups -OCH3 is 2. The fourth-order valence-corrected chi connectivity index (χ4v) is 7.13. The smallest absolute Gasteiger partial charge is 0.408 e. The second kappa shape index (κ2) is 17.7. The summed E-state index contributed by atoms with van der Waals surface area (Å²) in [6.07, 6.45) is -7.07. The van der Waals surface area contributed by atoms with E-state index in [1.807, 2.05) is 5.32 Å². The highest BCUT2D eigenvalue weighted by molar-refractivity contribution is 7.89. The molecule has 0 bridgehead atoms. The van der Waals surface area contributed by atoms with Crippen LogP contribution in [0.5, 0.6) is 0 Å². The number of carbonyl (C=O) groups is 3. The van der Waals surface area contributed by atoms with Gasteiger partial charge in [0.2, 0.25) is 15.9 Å². The van der Waals surface area contributed by atoms with Crippen molar-refractivity contribution in [3.8, 4) is 0 Å². The molecule has 49 heavy (non-hydrogen) atoms. The minimum absolute atomic E-state index is 0.118. The Balaban J connectivity index is 1.91. The Morgan fingerprint density at radius 3 is 1.86 bits per heavy atom. The van der Waals surface area contributed by atoms with Gasteiger partial charge in [-0.1, -0.05) is 67.6 Å². The van der Waals surface area contributed by atoms with Gasteiger partial charge in [-0.05, 0) is 61.1 Å². The van der Waals surface area contributed by atoms with E-state index in [-0.39, 0.29) is 24.3 Å². The lowest BCUT2D eigenvalue weighted by atomic mass is 9.84. The van der Waals surface area contributed by atoms with Crippen LogP contribution in [-0.4, -0.2) is 75.8 Å². The molecule has 0 fully saturated rings. The number of esters is 1. The van der Waals surface area contributed by atoms with E-state index in [1.165, 1.54) is 24.3 Å². The van der Waals surface area contributed by atoms with E-state index in [2.05, 4.69) is 5.32 Å². The van der Waals surface area contributed by atoms with Crippen LogP contribution >= 0.6 is 0 Å². The molecule has 0 spiro atoms. The average Bonchev–Trinajstić information content (AvgIpc) is 3.08. The zero-order valence-corrected chi connectivity index (χ0v) is 28.2. The first-order chi connectivity index (χ1) is 23.2. The molecule has 0 saturated heterocycles. The molecule has 266 valence electrons. The third-order valence-corrected chi connectivity index (χ3v) is 9.75. The van der Waals surface area contributed by atoms with Crippen molar-refractivity contribution in [2.45, 2.75) is 67.7 Å². The van der Waals surface area contributed by atoms with Gasteiger partial charge in [0.15, 0.2) is 0 Å². The van der Waals surface area contributed by atoms with Gasteiger partial charge in [-0.2, -0.15) is 17.5 Å². The molecule has 2 amide bonds. The maximum atomic E-state index is 14.5. The van der Waals surface area contributed by atoms with E-state index in [4.69, 9.17) is 15.2 Å². The third-order valence-electron chi connectivity index (χ3n) is 7.83. The van der Waals surface area contributed by atoms with Gasteiger partial charge >= 0.3 is 18.2 Å². The van der Waals surface area contributed by atoms with Gasteiger partial charge in [0.05, 0.1) is 19.1 Å². The second-order valence-electron chi connectivity index (χ2n) is 11.2. The van der Waals surface area contributed by atoms with Gasteiger partial charge < -0.3 is 25.8 Å². The summed E-state index contributed by atoms with van der Waals surface area (Å²) >= 11 is 0. The van der Waals surface area contributed by atoms with Gasteiger partial charge in [-0.25, -0.2) is 13.2 Å².